The molecule has 2 heterocycles. The summed E-state index contributed by atoms with van der Waals surface area (Å²) in [5, 5.41) is 9.05. The maximum atomic E-state index is 9.05. The second kappa shape index (κ2) is 4.15. The number of likely N-dealkylation sites (tertiary alicyclic amines) is 1. The van der Waals surface area contributed by atoms with Crippen molar-refractivity contribution in [1.82, 2.24) is 4.90 Å². The van der Waals surface area contributed by atoms with Gasteiger partial charge in [-0.3, -0.25) is 4.90 Å². The maximum Gasteiger partial charge on any atom is 0.120 e. The number of aliphatic hydroxyl groups excluding tert-OH is 1. The highest BCUT2D eigenvalue weighted by atomic mass is 16.3. The Balaban J connectivity index is 1.97. The van der Waals surface area contributed by atoms with Crippen molar-refractivity contribution in [3.63, 3.8) is 0 Å². The summed E-state index contributed by atoms with van der Waals surface area (Å²) in [5.74, 6) is 1.47. The van der Waals surface area contributed by atoms with Crippen LogP contribution in [0.1, 0.15) is 25.1 Å². The van der Waals surface area contributed by atoms with Gasteiger partial charge in [0.1, 0.15) is 5.76 Å². The second-order valence-electron chi connectivity index (χ2n) is 4.02. The second-order valence-corrected chi connectivity index (χ2v) is 4.02. The molecule has 0 radical (unpaired) electrons. The van der Waals surface area contributed by atoms with Crippen LogP contribution in [0, 0.1) is 5.92 Å². The molecule has 1 aromatic rings. The third kappa shape index (κ3) is 1.83. The molecule has 14 heavy (non-hydrogen) atoms. The summed E-state index contributed by atoms with van der Waals surface area (Å²) in [6, 6.07) is 4.27. The fraction of sp³-hybridized carbons (Fsp3) is 0.636. The minimum atomic E-state index is 0.307. The Hall–Kier alpha value is -0.800. The summed E-state index contributed by atoms with van der Waals surface area (Å²) >= 11 is 0. The van der Waals surface area contributed by atoms with Gasteiger partial charge in [0.25, 0.3) is 0 Å². The van der Waals surface area contributed by atoms with Crippen molar-refractivity contribution in [2.45, 2.75) is 19.4 Å². The molecule has 78 valence electrons. The van der Waals surface area contributed by atoms with Crippen molar-refractivity contribution >= 4 is 0 Å². The van der Waals surface area contributed by atoms with Crippen LogP contribution in [0.5, 0.6) is 0 Å². The first-order valence-electron chi connectivity index (χ1n) is 5.19. The SMILES string of the molecule is C[C@H](c1ccco1)N1CC[C@H](CO)C1. The van der Waals surface area contributed by atoms with Gasteiger partial charge in [0, 0.05) is 13.2 Å². The lowest BCUT2D eigenvalue weighted by atomic mass is 10.1. The van der Waals surface area contributed by atoms with Crippen LogP contribution < -0.4 is 0 Å². The van der Waals surface area contributed by atoms with E-state index in [-0.39, 0.29) is 0 Å². The predicted octanol–water partition coefficient (Wildman–Crippen LogP) is 1.65. The molecule has 1 aliphatic rings. The molecule has 0 saturated carbocycles. The van der Waals surface area contributed by atoms with E-state index < -0.39 is 0 Å². The van der Waals surface area contributed by atoms with Crippen molar-refractivity contribution in [1.29, 1.82) is 0 Å². The van der Waals surface area contributed by atoms with Gasteiger partial charge in [0.05, 0.1) is 12.3 Å². The van der Waals surface area contributed by atoms with Gasteiger partial charge < -0.3 is 9.52 Å². The van der Waals surface area contributed by atoms with Crippen molar-refractivity contribution in [2.75, 3.05) is 19.7 Å². The van der Waals surface area contributed by atoms with E-state index in [1.54, 1.807) is 6.26 Å². The number of furan rings is 1. The van der Waals surface area contributed by atoms with Crippen LogP contribution in [-0.2, 0) is 0 Å². The quantitative estimate of drug-likeness (QED) is 0.796. The Morgan fingerprint density at radius 2 is 2.57 bits per heavy atom. The maximum absolute atomic E-state index is 9.05. The fourth-order valence-corrected chi connectivity index (χ4v) is 2.07. The van der Waals surface area contributed by atoms with E-state index in [1.807, 2.05) is 12.1 Å². The summed E-state index contributed by atoms with van der Waals surface area (Å²) in [6.07, 6.45) is 2.81. The van der Waals surface area contributed by atoms with Gasteiger partial charge in [-0.05, 0) is 37.9 Å². The molecule has 0 unspecified atom stereocenters. The molecule has 0 aliphatic carbocycles. The number of aliphatic hydroxyl groups is 1. The third-order valence-corrected chi connectivity index (χ3v) is 3.08. The van der Waals surface area contributed by atoms with E-state index >= 15 is 0 Å². The molecule has 1 fully saturated rings. The van der Waals surface area contributed by atoms with Crippen molar-refractivity contribution < 1.29 is 9.52 Å². The van der Waals surface area contributed by atoms with Crippen LogP contribution >= 0.6 is 0 Å². The smallest absolute Gasteiger partial charge is 0.120 e. The lowest BCUT2D eigenvalue weighted by molar-refractivity contribution is 0.193. The first kappa shape index (κ1) is 9.74. The standard InChI is InChI=1S/C11H17NO2/c1-9(11-3-2-6-14-11)12-5-4-10(7-12)8-13/h2-3,6,9-10,13H,4-5,7-8H2,1H3/t9-,10+/m1/s1. The van der Waals surface area contributed by atoms with E-state index in [0.29, 0.717) is 18.6 Å². The summed E-state index contributed by atoms with van der Waals surface area (Å²) in [6.45, 7) is 4.51. The van der Waals surface area contributed by atoms with Crippen molar-refractivity contribution in [3.05, 3.63) is 24.2 Å². The highest BCUT2D eigenvalue weighted by Crippen LogP contribution is 2.27. The van der Waals surface area contributed by atoms with Gasteiger partial charge in [-0.15, -0.1) is 0 Å². The zero-order chi connectivity index (χ0) is 9.97. The first-order chi connectivity index (χ1) is 6.81. The number of rotatable bonds is 3. The average molecular weight is 195 g/mol. The molecule has 1 N–H and O–H groups in total. The molecule has 2 rings (SSSR count). The zero-order valence-corrected chi connectivity index (χ0v) is 8.52. The lowest BCUT2D eigenvalue weighted by Crippen LogP contribution is -2.24. The average Bonchev–Trinajstić information content (AvgIpc) is 2.88. The van der Waals surface area contributed by atoms with Crippen LogP contribution in [0.3, 0.4) is 0 Å². The molecule has 2 atom stereocenters. The first-order valence-corrected chi connectivity index (χ1v) is 5.19. The van der Waals surface area contributed by atoms with Crippen LogP contribution in [0.4, 0.5) is 0 Å². The van der Waals surface area contributed by atoms with Gasteiger partial charge in [-0.1, -0.05) is 0 Å². The lowest BCUT2D eigenvalue weighted by Gasteiger charge is -2.22. The molecule has 0 spiro atoms. The zero-order valence-electron chi connectivity index (χ0n) is 8.52. The molecule has 3 heteroatoms. The largest absolute Gasteiger partial charge is 0.468 e. The van der Waals surface area contributed by atoms with Gasteiger partial charge in [-0.2, -0.15) is 0 Å². The van der Waals surface area contributed by atoms with Crippen molar-refractivity contribution in [2.24, 2.45) is 5.92 Å². The number of hydrogen-bond acceptors (Lipinski definition) is 3. The minimum Gasteiger partial charge on any atom is -0.468 e. The Morgan fingerprint density at radius 3 is 3.14 bits per heavy atom. The molecule has 3 nitrogen and oxygen atoms in total. The minimum absolute atomic E-state index is 0.307. The van der Waals surface area contributed by atoms with E-state index in [9.17, 15) is 0 Å². The highest BCUT2D eigenvalue weighted by Gasteiger charge is 2.27. The van der Waals surface area contributed by atoms with Crippen molar-refractivity contribution in [3.8, 4) is 0 Å². The topological polar surface area (TPSA) is 36.6 Å². The van der Waals surface area contributed by atoms with Crippen LogP contribution in [-0.4, -0.2) is 29.7 Å². The van der Waals surface area contributed by atoms with Crippen LogP contribution in [0.25, 0.3) is 0 Å². The van der Waals surface area contributed by atoms with E-state index in [0.717, 1.165) is 25.3 Å². The van der Waals surface area contributed by atoms with E-state index in [4.69, 9.17) is 9.52 Å². The van der Waals surface area contributed by atoms with Gasteiger partial charge >= 0.3 is 0 Å². The molecule has 0 bridgehead atoms. The predicted molar refractivity (Wildman–Crippen MR) is 53.9 cm³/mol. The summed E-state index contributed by atoms with van der Waals surface area (Å²) in [4.78, 5) is 2.36. The van der Waals surface area contributed by atoms with E-state index in [2.05, 4.69) is 11.8 Å². The molecule has 1 aromatic heterocycles. The van der Waals surface area contributed by atoms with E-state index in [1.165, 1.54) is 0 Å². The molecule has 0 aromatic carbocycles. The third-order valence-electron chi connectivity index (χ3n) is 3.08. The monoisotopic (exact) mass is 195 g/mol. The Bertz CT molecular complexity index is 271. The van der Waals surface area contributed by atoms with Crippen LogP contribution in [0.2, 0.25) is 0 Å². The highest BCUT2D eigenvalue weighted by molar-refractivity contribution is 5.04. The molecular weight excluding hydrogens is 178 g/mol. The number of hydrogen-bond donors (Lipinski definition) is 1. The molecule has 1 aliphatic heterocycles. The molecular formula is C11H17NO2. The van der Waals surface area contributed by atoms with Gasteiger partial charge in [-0.25, -0.2) is 0 Å². The number of nitrogens with zero attached hydrogens (tertiary/aromatic N) is 1. The van der Waals surface area contributed by atoms with Crippen LogP contribution in [0.15, 0.2) is 22.8 Å². The van der Waals surface area contributed by atoms with Gasteiger partial charge in [0.15, 0.2) is 0 Å². The molecule has 0 amide bonds. The summed E-state index contributed by atoms with van der Waals surface area (Å²) in [7, 11) is 0. The fourth-order valence-electron chi connectivity index (χ4n) is 2.07. The summed E-state index contributed by atoms with van der Waals surface area (Å²) < 4.78 is 5.37. The van der Waals surface area contributed by atoms with Gasteiger partial charge in [0.2, 0.25) is 0 Å². The Labute approximate surface area is 84.3 Å². The normalized spacial score (nSPS) is 25.4. The Morgan fingerprint density at radius 1 is 1.71 bits per heavy atom. The Kier molecular flexibility index (Phi) is 2.89. The summed E-state index contributed by atoms with van der Waals surface area (Å²) in [5.41, 5.74) is 0. The molecule has 1 saturated heterocycles.